The summed E-state index contributed by atoms with van der Waals surface area (Å²) in [6.07, 6.45) is -0.723. The predicted octanol–water partition coefficient (Wildman–Crippen LogP) is 6.19. The van der Waals surface area contributed by atoms with Gasteiger partial charge >= 0.3 is 0 Å². The monoisotopic (exact) mass is 554 g/mol. The van der Waals surface area contributed by atoms with Crippen molar-refractivity contribution in [2.24, 2.45) is 0 Å². The van der Waals surface area contributed by atoms with E-state index in [1.54, 1.807) is 0 Å². The lowest BCUT2D eigenvalue weighted by Crippen LogP contribution is -2.39. The van der Waals surface area contributed by atoms with Crippen LogP contribution in [0, 0.1) is 0 Å². The topological polar surface area (TPSA) is 36.9 Å². The van der Waals surface area contributed by atoms with Crippen LogP contribution in [0.25, 0.3) is 0 Å². The summed E-state index contributed by atoms with van der Waals surface area (Å²) < 4.78 is 27.5. The van der Waals surface area contributed by atoms with Crippen molar-refractivity contribution in [1.29, 1.82) is 0 Å². The fraction of sp³-hybridized carbons (Fsp3) is 0.286. The van der Waals surface area contributed by atoms with Crippen LogP contribution in [0.3, 0.4) is 0 Å². The lowest BCUT2D eigenvalue weighted by Gasteiger charge is -2.37. The van der Waals surface area contributed by atoms with Crippen LogP contribution in [0.4, 0.5) is 0 Å². The molecule has 1 unspecified atom stereocenters. The summed E-state index contributed by atoms with van der Waals surface area (Å²) >= 11 is 2.20. The van der Waals surface area contributed by atoms with Gasteiger partial charge in [0.15, 0.2) is 11.9 Å². The van der Waals surface area contributed by atoms with Crippen LogP contribution in [0.15, 0.2) is 101 Å². The molecule has 0 aromatic heterocycles. The van der Waals surface area contributed by atoms with E-state index in [-0.39, 0.29) is 18.3 Å². The van der Waals surface area contributed by atoms with Gasteiger partial charge in [0, 0.05) is 4.08 Å². The highest BCUT2D eigenvalue weighted by atomic mass is 127. The molecular weight excluding hydrogens is 527 g/mol. The summed E-state index contributed by atoms with van der Waals surface area (Å²) in [5.74, 6) is 0.141. The third kappa shape index (κ3) is 4.23. The molecule has 0 aliphatic carbocycles. The normalized spacial score (nSPS) is 25.1. The Balaban J connectivity index is 1.56. The maximum absolute atomic E-state index is 6.95. The zero-order valence-electron chi connectivity index (χ0n) is 18.7. The number of hydrogen-bond acceptors (Lipinski definition) is 4. The summed E-state index contributed by atoms with van der Waals surface area (Å²) in [5, 5.41) is 0. The SMILES string of the molecule is CC1(C)O[C@@H]2C(COC(c3ccccc3)(c3ccccc3)c3ccccc3)O/C(=C\I)[C@@H]2O1. The van der Waals surface area contributed by atoms with Crippen LogP contribution in [0.1, 0.15) is 30.5 Å². The molecule has 0 spiro atoms. The van der Waals surface area contributed by atoms with Gasteiger partial charge in [0.05, 0.1) is 6.61 Å². The van der Waals surface area contributed by atoms with E-state index in [1.807, 2.05) is 36.1 Å². The molecule has 2 aliphatic rings. The van der Waals surface area contributed by atoms with E-state index in [0.717, 1.165) is 22.4 Å². The third-order valence-corrected chi connectivity index (χ3v) is 6.79. The zero-order valence-corrected chi connectivity index (χ0v) is 20.8. The van der Waals surface area contributed by atoms with Crippen LogP contribution in [-0.4, -0.2) is 30.7 Å². The molecule has 0 radical (unpaired) electrons. The summed E-state index contributed by atoms with van der Waals surface area (Å²) in [4.78, 5) is 0. The summed E-state index contributed by atoms with van der Waals surface area (Å²) in [6.45, 7) is 4.22. The van der Waals surface area contributed by atoms with Crippen LogP contribution in [0.5, 0.6) is 0 Å². The molecule has 2 heterocycles. The van der Waals surface area contributed by atoms with Crippen LogP contribution in [-0.2, 0) is 24.5 Å². The van der Waals surface area contributed by atoms with Gasteiger partial charge in [0.1, 0.15) is 23.6 Å². The van der Waals surface area contributed by atoms with Gasteiger partial charge in [0.2, 0.25) is 0 Å². The quantitative estimate of drug-likeness (QED) is 0.269. The largest absolute Gasteiger partial charge is 0.486 e. The zero-order chi connectivity index (χ0) is 22.9. The van der Waals surface area contributed by atoms with Crippen molar-refractivity contribution < 1.29 is 18.9 Å². The number of halogens is 1. The van der Waals surface area contributed by atoms with Gasteiger partial charge in [-0.15, -0.1) is 0 Å². The second kappa shape index (κ2) is 9.22. The number of fused-ring (bicyclic) bond motifs is 1. The van der Waals surface area contributed by atoms with E-state index in [0.29, 0.717) is 6.61 Å². The van der Waals surface area contributed by atoms with Crippen LogP contribution in [0.2, 0.25) is 0 Å². The molecule has 3 aromatic carbocycles. The Morgan fingerprint density at radius 2 is 1.30 bits per heavy atom. The van der Waals surface area contributed by atoms with Gasteiger partial charge in [0.25, 0.3) is 0 Å². The van der Waals surface area contributed by atoms with Crippen molar-refractivity contribution in [3.05, 3.63) is 118 Å². The molecule has 0 N–H and O–H groups in total. The van der Waals surface area contributed by atoms with Crippen molar-refractivity contribution >= 4 is 22.6 Å². The molecule has 3 aromatic rings. The van der Waals surface area contributed by atoms with E-state index in [9.17, 15) is 0 Å². The molecular formula is C28H27IO4. The van der Waals surface area contributed by atoms with Crippen molar-refractivity contribution in [3.8, 4) is 0 Å². The standard InChI is InChI=1S/C28H27IO4/c1-27(2)32-25-23(18-29)31-24(26(25)33-27)19-30-28(20-12-6-3-7-13-20,21-14-8-4-9-15-21)22-16-10-5-11-17-22/h3-18,24-26H,19H2,1-2H3/b23-18-/t24?,25-,26+/m0/s1. The average molecular weight is 554 g/mol. The Bertz CT molecular complexity index is 1000. The van der Waals surface area contributed by atoms with Crippen LogP contribution >= 0.6 is 22.6 Å². The number of hydrogen-bond donors (Lipinski definition) is 0. The Morgan fingerprint density at radius 1 is 0.818 bits per heavy atom. The van der Waals surface area contributed by atoms with E-state index >= 15 is 0 Å². The number of rotatable bonds is 6. The first kappa shape index (κ1) is 22.6. The molecule has 3 atom stereocenters. The first-order valence-electron chi connectivity index (χ1n) is 11.2. The first-order chi connectivity index (χ1) is 16.0. The fourth-order valence-electron chi connectivity index (χ4n) is 4.78. The molecule has 4 nitrogen and oxygen atoms in total. The molecule has 2 fully saturated rings. The highest BCUT2D eigenvalue weighted by Gasteiger charge is 2.54. The molecule has 5 heteroatoms. The Kier molecular flexibility index (Phi) is 6.31. The summed E-state index contributed by atoms with van der Waals surface area (Å²) in [7, 11) is 0. The Morgan fingerprint density at radius 3 is 1.76 bits per heavy atom. The molecule has 0 bridgehead atoms. The van der Waals surface area contributed by atoms with Crippen molar-refractivity contribution in [3.63, 3.8) is 0 Å². The molecule has 0 amide bonds. The summed E-state index contributed by atoms with van der Waals surface area (Å²) in [5.41, 5.74) is 2.38. The maximum atomic E-state index is 6.95. The lowest BCUT2D eigenvalue weighted by atomic mass is 9.80. The molecule has 2 saturated heterocycles. The number of benzene rings is 3. The molecule has 5 rings (SSSR count). The van der Waals surface area contributed by atoms with Gasteiger partial charge in [-0.2, -0.15) is 0 Å². The van der Waals surface area contributed by atoms with Crippen molar-refractivity contribution in [2.75, 3.05) is 6.61 Å². The van der Waals surface area contributed by atoms with Gasteiger partial charge in [-0.25, -0.2) is 0 Å². The highest BCUT2D eigenvalue weighted by Crippen LogP contribution is 2.44. The molecule has 2 aliphatic heterocycles. The summed E-state index contributed by atoms with van der Waals surface area (Å²) in [6, 6.07) is 31.1. The maximum Gasteiger partial charge on any atom is 0.164 e. The number of ether oxygens (including phenoxy) is 4. The minimum Gasteiger partial charge on any atom is -0.486 e. The Labute approximate surface area is 208 Å². The predicted molar refractivity (Wildman–Crippen MR) is 136 cm³/mol. The molecule has 33 heavy (non-hydrogen) atoms. The first-order valence-corrected chi connectivity index (χ1v) is 12.4. The third-order valence-electron chi connectivity index (χ3n) is 6.18. The van der Waals surface area contributed by atoms with E-state index in [1.165, 1.54) is 0 Å². The lowest BCUT2D eigenvalue weighted by molar-refractivity contribution is -0.174. The fourth-order valence-corrected chi connectivity index (χ4v) is 5.28. The minimum absolute atomic E-state index is 0.218. The van der Waals surface area contributed by atoms with E-state index < -0.39 is 11.4 Å². The van der Waals surface area contributed by atoms with Gasteiger partial charge in [-0.05, 0) is 53.1 Å². The van der Waals surface area contributed by atoms with Gasteiger partial charge in [-0.1, -0.05) is 91.0 Å². The Hall–Kier alpha value is -2.19. The van der Waals surface area contributed by atoms with Gasteiger partial charge < -0.3 is 18.9 Å². The minimum atomic E-state index is -0.797. The van der Waals surface area contributed by atoms with Gasteiger partial charge in [-0.3, -0.25) is 0 Å². The van der Waals surface area contributed by atoms with E-state index in [2.05, 4.69) is 95.4 Å². The smallest absolute Gasteiger partial charge is 0.164 e. The van der Waals surface area contributed by atoms with Crippen LogP contribution < -0.4 is 0 Å². The second-order valence-corrected chi connectivity index (χ2v) is 9.40. The molecule has 0 saturated carbocycles. The van der Waals surface area contributed by atoms with Crippen molar-refractivity contribution in [1.82, 2.24) is 0 Å². The second-order valence-electron chi connectivity index (χ2n) is 8.78. The highest BCUT2D eigenvalue weighted by molar-refractivity contribution is 14.1. The average Bonchev–Trinajstić information content (AvgIpc) is 3.34. The van der Waals surface area contributed by atoms with Crippen molar-refractivity contribution in [2.45, 2.75) is 43.5 Å². The molecule has 170 valence electrons. The van der Waals surface area contributed by atoms with E-state index in [4.69, 9.17) is 18.9 Å².